The Morgan fingerprint density at radius 1 is 1.78 bits per heavy atom. The predicted molar refractivity (Wildman–Crippen MR) is 47.3 cm³/mol. The van der Waals surface area contributed by atoms with Gasteiger partial charge < -0.3 is 0 Å². The van der Waals surface area contributed by atoms with E-state index in [1.807, 2.05) is 11.3 Å². The highest BCUT2D eigenvalue weighted by Gasteiger charge is 1.92. The minimum absolute atomic E-state index is 0.110. The van der Waals surface area contributed by atoms with Gasteiger partial charge in [-0.1, -0.05) is 17.3 Å². The lowest BCUT2D eigenvalue weighted by Gasteiger charge is -1.90. The summed E-state index contributed by atoms with van der Waals surface area (Å²) in [6.07, 6.45) is 0. The Balaban J connectivity index is 2.58. The van der Waals surface area contributed by atoms with Crippen LogP contribution >= 0.6 is 11.3 Å². The van der Waals surface area contributed by atoms with Crippen LogP contribution in [0.3, 0.4) is 0 Å². The Hall–Kier alpha value is -0.343. The van der Waals surface area contributed by atoms with Crippen molar-refractivity contribution in [1.82, 2.24) is 0 Å². The fourth-order valence-electron chi connectivity index (χ4n) is 0.711. The molecule has 2 heteroatoms. The molecule has 0 saturated carbocycles. The van der Waals surface area contributed by atoms with Crippen molar-refractivity contribution in [2.24, 2.45) is 0 Å². The van der Waals surface area contributed by atoms with E-state index >= 15 is 0 Å². The number of allylic oxidation sites excluding steroid dienone is 1. The summed E-state index contributed by atoms with van der Waals surface area (Å²) in [6.45, 7) is 6.02. The molecule has 0 bridgehead atoms. The van der Waals surface area contributed by atoms with E-state index in [1.165, 1.54) is 5.20 Å². The van der Waals surface area contributed by atoms with E-state index in [0.717, 1.165) is 0 Å². The lowest BCUT2D eigenvalue weighted by Crippen LogP contribution is -2.08. The molecule has 0 spiro atoms. The molecule has 0 aliphatic rings. The molecule has 0 nitrogen and oxygen atoms in total. The van der Waals surface area contributed by atoms with Crippen LogP contribution in [0.1, 0.15) is 6.92 Å². The van der Waals surface area contributed by atoms with Crippen LogP contribution in [0.5, 0.6) is 0 Å². The van der Waals surface area contributed by atoms with Gasteiger partial charge in [0, 0.05) is 0 Å². The van der Waals surface area contributed by atoms with Gasteiger partial charge in [-0.3, -0.25) is 0 Å². The van der Waals surface area contributed by atoms with Crippen molar-refractivity contribution < 1.29 is 0 Å². The lowest BCUT2D eigenvalue weighted by atomic mass is 10.7. The van der Waals surface area contributed by atoms with Crippen LogP contribution in [-0.4, -0.2) is 9.52 Å². The Kier molecular flexibility index (Phi) is 2.25. The average Bonchev–Trinajstić information content (AvgIpc) is 2.15. The van der Waals surface area contributed by atoms with Crippen LogP contribution in [0.2, 0.25) is 0 Å². The molecule has 0 unspecified atom stereocenters. The van der Waals surface area contributed by atoms with Gasteiger partial charge in [0.2, 0.25) is 0 Å². The number of hydrogen-bond acceptors (Lipinski definition) is 1. The molecule has 1 aromatic heterocycles. The molecule has 0 N–H and O–H groups in total. The largest absolute Gasteiger partial charge is 0.154 e. The fraction of sp³-hybridized carbons (Fsp3) is 0.143. The highest BCUT2D eigenvalue weighted by Crippen LogP contribution is 1.94. The predicted octanol–water partition coefficient (Wildman–Crippen LogP) is 1.08. The van der Waals surface area contributed by atoms with Gasteiger partial charge in [-0.15, -0.1) is 6.58 Å². The molecule has 0 amide bonds. The maximum Gasteiger partial charge on any atom is 0.0939 e. The molecule has 0 aliphatic heterocycles. The molecular formula is C7H10SSi. The maximum absolute atomic E-state index is 3.90. The lowest BCUT2D eigenvalue weighted by molar-refractivity contribution is 1.70. The quantitative estimate of drug-likeness (QED) is 0.559. The van der Waals surface area contributed by atoms with Crippen molar-refractivity contribution in [2.45, 2.75) is 6.92 Å². The van der Waals surface area contributed by atoms with Crippen LogP contribution in [0, 0.1) is 0 Å². The van der Waals surface area contributed by atoms with E-state index in [0.29, 0.717) is 0 Å². The summed E-state index contributed by atoms with van der Waals surface area (Å²) in [7, 11) is -0.110. The van der Waals surface area contributed by atoms with Crippen molar-refractivity contribution in [1.29, 1.82) is 0 Å². The molecule has 0 fully saturated rings. The van der Waals surface area contributed by atoms with Gasteiger partial charge >= 0.3 is 0 Å². The van der Waals surface area contributed by atoms with E-state index < -0.39 is 0 Å². The first kappa shape index (κ1) is 6.77. The first-order valence-corrected chi connectivity index (χ1v) is 5.25. The molecule has 1 rings (SSSR count). The summed E-state index contributed by atoms with van der Waals surface area (Å²) < 4.78 is 1.54. The number of rotatable bonds is 2. The van der Waals surface area contributed by atoms with Crippen LogP contribution in [0.15, 0.2) is 29.3 Å². The summed E-state index contributed by atoms with van der Waals surface area (Å²) >= 11 is 1.85. The highest BCUT2D eigenvalue weighted by atomic mass is 32.1. The topological polar surface area (TPSA) is 0 Å². The zero-order chi connectivity index (χ0) is 6.69. The van der Waals surface area contributed by atoms with Gasteiger partial charge in [-0.25, -0.2) is 0 Å². The molecule has 1 aromatic rings. The van der Waals surface area contributed by atoms with Crippen LogP contribution < -0.4 is 4.50 Å². The molecule has 1 heterocycles. The third kappa shape index (κ3) is 2.16. The minimum atomic E-state index is -0.110. The average molecular weight is 154 g/mol. The Morgan fingerprint density at radius 2 is 2.56 bits per heavy atom. The van der Waals surface area contributed by atoms with Crippen LogP contribution in [-0.2, 0) is 0 Å². The highest BCUT2D eigenvalue weighted by molar-refractivity contribution is 7.20. The SMILES string of the molecule is C=C(C)[SiH2]c1cccs1. The van der Waals surface area contributed by atoms with E-state index in [2.05, 4.69) is 31.0 Å². The normalized spacial score (nSPS) is 10.8. The Bertz CT molecular complexity index is 189. The number of thiophene rings is 1. The standard InChI is InChI=1S/C7H10SSi/c1-6(2)9-7-4-3-5-8-7/h3-5H,1,9H2,2H3. The molecular weight excluding hydrogens is 144 g/mol. The smallest absolute Gasteiger partial charge is 0.0939 e. The van der Waals surface area contributed by atoms with E-state index in [4.69, 9.17) is 0 Å². The van der Waals surface area contributed by atoms with Crippen molar-refractivity contribution in [3.05, 3.63) is 29.3 Å². The van der Waals surface area contributed by atoms with E-state index in [9.17, 15) is 0 Å². The third-order valence-electron chi connectivity index (χ3n) is 1.06. The maximum atomic E-state index is 3.90. The summed E-state index contributed by atoms with van der Waals surface area (Å²) in [5, 5.41) is 3.50. The molecule has 9 heavy (non-hydrogen) atoms. The molecule has 0 aromatic carbocycles. The Morgan fingerprint density at radius 3 is 3.00 bits per heavy atom. The Labute approximate surface area is 62.1 Å². The second kappa shape index (κ2) is 2.99. The summed E-state index contributed by atoms with van der Waals surface area (Å²) in [5.41, 5.74) is 0. The van der Waals surface area contributed by atoms with Gasteiger partial charge in [0.1, 0.15) is 0 Å². The molecule has 0 atom stereocenters. The first-order chi connectivity index (χ1) is 4.29. The van der Waals surface area contributed by atoms with E-state index in [-0.39, 0.29) is 9.52 Å². The van der Waals surface area contributed by atoms with Crippen LogP contribution in [0.4, 0.5) is 0 Å². The zero-order valence-corrected chi connectivity index (χ0v) is 7.79. The summed E-state index contributed by atoms with van der Waals surface area (Å²) in [6, 6.07) is 4.31. The van der Waals surface area contributed by atoms with Gasteiger partial charge in [0.25, 0.3) is 0 Å². The van der Waals surface area contributed by atoms with Crippen molar-refractivity contribution in [3.63, 3.8) is 0 Å². The monoisotopic (exact) mass is 154 g/mol. The minimum Gasteiger partial charge on any atom is -0.154 e. The van der Waals surface area contributed by atoms with Crippen molar-refractivity contribution in [2.75, 3.05) is 0 Å². The zero-order valence-electron chi connectivity index (χ0n) is 5.55. The van der Waals surface area contributed by atoms with Gasteiger partial charge in [-0.2, -0.15) is 11.3 Å². The first-order valence-electron chi connectivity index (χ1n) is 2.96. The second-order valence-electron chi connectivity index (χ2n) is 2.21. The fourth-order valence-corrected chi connectivity index (χ4v) is 3.41. The van der Waals surface area contributed by atoms with Crippen molar-refractivity contribution >= 4 is 25.4 Å². The van der Waals surface area contributed by atoms with E-state index in [1.54, 1.807) is 4.50 Å². The third-order valence-corrected chi connectivity index (χ3v) is 3.91. The molecule has 0 radical (unpaired) electrons. The van der Waals surface area contributed by atoms with Gasteiger partial charge in [-0.05, 0) is 16.8 Å². The molecule has 48 valence electrons. The summed E-state index contributed by atoms with van der Waals surface area (Å²) in [5.74, 6) is 0. The molecule has 0 saturated heterocycles. The van der Waals surface area contributed by atoms with Gasteiger partial charge in [0.15, 0.2) is 0 Å². The van der Waals surface area contributed by atoms with Gasteiger partial charge in [0.05, 0.1) is 9.52 Å². The van der Waals surface area contributed by atoms with Crippen LogP contribution in [0.25, 0.3) is 0 Å². The second-order valence-corrected chi connectivity index (χ2v) is 6.08. The van der Waals surface area contributed by atoms with Crippen molar-refractivity contribution in [3.8, 4) is 0 Å². The summed E-state index contributed by atoms with van der Waals surface area (Å²) in [4.78, 5) is 0. The molecule has 0 aliphatic carbocycles. The number of hydrogen-bond donors (Lipinski definition) is 0.